The molecule has 0 spiro atoms. The fourth-order valence-corrected chi connectivity index (χ4v) is 2.33. The first kappa shape index (κ1) is 8.75. The van der Waals surface area contributed by atoms with Crippen molar-refractivity contribution in [2.45, 2.75) is 19.3 Å². The SMILES string of the molecule is O=C1CCCc2c(Br)cc(O)cc21. The number of phenols is 1. The van der Waals surface area contributed by atoms with Gasteiger partial charge in [0.25, 0.3) is 0 Å². The number of rotatable bonds is 0. The Balaban J connectivity index is 2.63. The molecule has 0 fully saturated rings. The number of Topliss-reactive ketones (excluding diaryl/α,β-unsaturated/α-hetero) is 1. The predicted octanol–water partition coefficient (Wildman–Crippen LogP) is 2.67. The summed E-state index contributed by atoms with van der Waals surface area (Å²) in [6.07, 6.45) is 2.43. The molecule has 0 saturated carbocycles. The van der Waals surface area contributed by atoms with Crippen LogP contribution in [0.2, 0.25) is 0 Å². The summed E-state index contributed by atoms with van der Waals surface area (Å²) in [5.41, 5.74) is 1.71. The summed E-state index contributed by atoms with van der Waals surface area (Å²) >= 11 is 3.35. The van der Waals surface area contributed by atoms with E-state index in [9.17, 15) is 9.90 Å². The van der Waals surface area contributed by atoms with E-state index >= 15 is 0 Å². The number of halogens is 1. The maximum atomic E-state index is 11.5. The first-order valence-corrected chi connectivity index (χ1v) is 5.02. The number of fused-ring (bicyclic) bond motifs is 1. The molecule has 0 bridgehead atoms. The summed E-state index contributed by atoms with van der Waals surface area (Å²) in [5.74, 6) is 0.290. The Bertz CT molecular complexity index is 371. The second kappa shape index (κ2) is 3.14. The van der Waals surface area contributed by atoms with E-state index in [0.717, 1.165) is 22.9 Å². The van der Waals surface area contributed by atoms with Crippen LogP contribution in [-0.2, 0) is 6.42 Å². The molecule has 0 saturated heterocycles. The number of ketones is 1. The first-order valence-electron chi connectivity index (χ1n) is 4.23. The van der Waals surface area contributed by atoms with Crippen LogP contribution in [0.25, 0.3) is 0 Å². The topological polar surface area (TPSA) is 37.3 Å². The fraction of sp³-hybridized carbons (Fsp3) is 0.300. The molecule has 0 aromatic heterocycles. The van der Waals surface area contributed by atoms with Crippen LogP contribution in [-0.4, -0.2) is 10.9 Å². The van der Waals surface area contributed by atoms with Gasteiger partial charge in [-0.25, -0.2) is 0 Å². The van der Waals surface area contributed by atoms with Gasteiger partial charge < -0.3 is 5.11 Å². The standard InChI is InChI=1S/C10H9BrO2/c11-9-5-6(12)4-8-7(9)2-1-3-10(8)13/h4-5,12H,1-3H2. The average Bonchev–Trinajstić information content (AvgIpc) is 2.07. The van der Waals surface area contributed by atoms with E-state index in [4.69, 9.17) is 0 Å². The lowest BCUT2D eigenvalue weighted by Crippen LogP contribution is -2.10. The van der Waals surface area contributed by atoms with E-state index in [1.165, 1.54) is 0 Å². The second-order valence-electron chi connectivity index (χ2n) is 3.23. The number of benzene rings is 1. The van der Waals surface area contributed by atoms with Crippen LogP contribution in [0.5, 0.6) is 5.75 Å². The molecule has 0 atom stereocenters. The molecule has 1 aromatic carbocycles. The average molecular weight is 241 g/mol. The molecule has 1 aliphatic carbocycles. The Kier molecular flexibility index (Phi) is 2.12. The molecule has 0 amide bonds. The molecule has 0 radical (unpaired) electrons. The lowest BCUT2D eigenvalue weighted by atomic mass is 9.90. The Labute approximate surface area is 84.7 Å². The van der Waals surface area contributed by atoms with E-state index < -0.39 is 0 Å². The number of phenolic OH excluding ortho intramolecular Hbond substituents is 1. The summed E-state index contributed by atoms with van der Waals surface area (Å²) in [7, 11) is 0. The Morgan fingerprint density at radius 1 is 1.31 bits per heavy atom. The predicted molar refractivity (Wildman–Crippen MR) is 53.1 cm³/mol. The number of hydrogen-bond acceptors (Lipinski definition) is 2. The van der Waals surface area contributed by atoms with Gasteiger partial charge in [0.05, 0.1) is 0 Å². The summed E-state index contributed by atoms with van der Waals surface area (Å²) in [5, 5.41) is 9.30. The van der Waals surface area contributed by atoms with Crippen molar-refractivity contribution >= 4 is 21.7 Å². The molecule has 1 N–H and O–H groups in total. The van der Waals surface area contributed by atoms with Crippen LogP contribution in [0.15, 0.2) is 16.6 Å². The smallest absolute Gasteiger partial charge is 0.163 e. The highest BCUT2D eigenvalue weighted by molar-refractivity contribution is 9.10. The molecular weight excluding hydrogens is 232 g/mol. The van der Waals surface area contributed by atoms with Crippen molar-refractivity contribution in [3.8, 4) is 5.75 Å². The van der Waals surface area contributed by atoms with Gasteiger partial charge in [-0.2, -0.15) is 0 Å². The maximum Gasteiger partial charge on any atom is 0.163 e. The van der Waals surface area contributed by atoms with Crippen molar-refractivity contribution in [1.29, 1.82) is 0 Å². The van der Waals surface area contributed by atoms with Crippen LogP contribution >= 0.6 is 15.9 Å². The quantitative estimate of drug-likeness (QED) is 0.758. The van der Waals surface area contributed by atoms with E-state index in [0.29, 0.717) is 12.0 Å². The number of carbonyl (C=O) groups is 1. The van der Waals surface area contributed by atoms with Crippen molar-refractivity contribution in [3.05, 3.63) is 27.7 Å². The third kappa shape index (κ3) is 1.48. The van der Waals surface area contributed by atoms with Gasteiger partial charge in [0.2, 0.25) is 0 Å². The normalized spacial score (nSPS) is 15.6. The highest BCUT2D eigenvalue weighted by atomic mass is 79.9. The van der Waals surface area contributed by atoms with E-state index in [1.54, 1.807) is 12.1 Å². The highest BCUT2D eigenvalue weighted by Crippen LogP contribution is 2.31. The van der Waals surface area contributed by atoms with Crippen molar-refractivity contribution in [1.82, 2.24) is 0 Å². The van der Waals surface area contributed by atoms with Crippen LogP contribution in [0.4, 0.5) is 0 Å². The summed E-state index contributed by atoms with van der Waals surface area (Å²) in [6.45, 7) is 0. The minimum atomic E-state index is 0.137. The molecule has 0 unspecified atom stereocenters. The van der Waals surface area contributed by atoms with Gasteiger partial charge in [0, 0.05) is 16.5 Å². The molecule has 0 heterocycles. The molecule has 2 nitrogen and oxygen atoms in total. The largest absolute Gasteiger partial charge is 0.508 e. The summed E-state index contributed by atoms with van der Waals surface area (Å²) in [6, 6.07) is 3.19. The van der Waals surface area contributed by atoms with Crippen molar-refractivity contribution in [2.75, 3.05) is 0 Å². The zero-order valence-corrected chi connectivity index (χ0v) is 8.60. The molecule has 68 valence electrons. The number of carbonyl (C=O) groups excluding carboxylic acids is 1. The van der Waals surface area contributed by atoms with Gasteiger partial charge in [-0.1, -0.05) is 15.9 Å². The van der Waals surface area contributed by atoms with Crippen molar-refractivity contribution < 1.29 is 9.90 Å². The third-order valence-electron chi connectivity index (χ3n) is 2.31. The van der Waals surface area contributed by atoms with Crippen molar-refractivity contribution in [2.24, 2.45) is 0 Å². The lowest BCUT2D eigenvalue weighted by molar-refractivity contribution is 0.0972. The van der Waals surface area contributed by atoms with Crippen LogP contribution in [0, 0.1) is 0 Å². The summed E-state index contributed by atoms with van der Waals surface area (Å²) < 4.78 is 0.843. The molecule has 13 heavy (non-hydrogen) atoms. The van der Waals surface area contributed by atoms with Gasteiger partial charge in [0.15, 0.2) is 5.78 Å². The number of hydrogen-bond donors (Lipinski definition) is 1. The minimum absolute atomic E-state index is 0.137. The molecular formula is C10H9BrO2. The number of aromatic hydroxyl groups is 1. The van der Waals surface area contributed by atoms with Crippen molar-refractivity contribution in [3.63, 3.8) is 0 Å². The minimum Gasteiger partial charge on any atom is -0.508 e. The lowest BCUT2D eigenvalue weighted by Gasteiger charge is -2.16. The fourth-order valence-electron chi connectivity index (χ4n) is 1.69. The Morgan fingerprint density at radius 2 is 2.08 bits per heavy atom. The maximum absolute atomic E-state index is 11.5. The van der Waals surface area contributed by atoms with Gasteiger partial charge in [-0.15, -0.1) is 0 Å². The Hall–Kier alpha value is -0.830. The van der Waals surface area contributed by atoms with Crippen LogP contribution < -0.4 is 0 Å². The molecule has 0 aliphatic heterocycles. The van der Waals surface area contributed by atoms with E-state index in [2.05, 4.69) is 15.9 Å². The molecule has 3 heteroatoms. The first-order chi connectivity index (χ1) is 6.18. The van der Waals surface area contributed by atoms with Gasteiger partial charge >= 0.3 is 0 Å². The van der Waals surface area contributed by atoms with Crippen LogP contribution in [0.1, 0.15) is 28.8 Å². The molecule has 1 aromatic rings. The summed E-state index contributed by atoms with van der Waals surface area (Å²) in [4.78, 5) is 11.5. The highest BCUT2D eigenvalue weighted by Gasteiger charge is 2.19. The Morgan fingerprint density at radius 3 is 2.85 bits per heavy atom. The molecule has 1 aliphatic rings. The van der Waals surface area contributed by atoms with Gasteiger partial charge in [-0.3, -0.25) is 4.79 Å². The van der Waals surface area contributed by atoms with E-state index in [-0.39, 0.29) is 11.5 Å². The monoisotopic (exact) mass is 240 g/mol. The van der Waals surface area contributed by atoms with Gasteiger partial charge in [0.1, 0.15) is 5.75 Å². The van der Waals surface area contributed by atoms with E-state index in [1.807, 2.05) is 0 Å². The third-order valence-corrected chi connectivity index (χ3v) is 3.02. The van der Waals surface area contributed by atoms with Gasteiger partial charge in [-0.05, 0) is 30.5 Å². The zero-order valence-electron chi connectivity index (χ0n) is 7.01. The second-order valence-corrected chi connectivity index (χ2v) is 4.08. The van der Waals surface area contributed by atoms with Crippen LogP contribution in [0.3, 0.4) is 0 Å². The molecule has 2 rings (SSSR count). The zero-order chi connectivity index (χ0) is 9.42.